The first kappa shape index (κ1) is 27.0. The normalized spacial score (nSPS) is 26.3. The summed E-state index contributed by atoms with van der Waals surface area (Å²) in [6, 6.07) is 30.7. The first-order valence-corrected chi connectivity index (χ1v) is 14.0. The summed E-state index contributed by atoms with van der Waals surface area (Å²) in [6.45, 7) is 3.44. The maximum Gasteiger partial charge on any atom is 0.187 e. The topological polar surface area (TPSA) is 46.2 Å². The Morgan fingerprint density at radius 3 is 1.53 bits per heavy atom. The minimum Gasteiger partial charge on any atom is -0.368 e. The Balaban J connectivity index is 1.38. The van der Waals surface area contributed by atoms with Crippen LogP contribution >= 0.6 is 0 Å². The quantitative estimate of drug-likeness (QED) is 0.279. The van der Waals surface area contributed by atoms with Gasteiger partial charge in [0.15, 0.2) is 6.29 Å². The van der Waals surface area contributed by atoms with Gasteiger partial charge in [0.2, 0.25) is 0 Å². The maximum atomic E-state index is 6.65. The zero-order chi connectivity index (χ0) is 26.0. The Kier molecular flexibility index (Phi) is 9.98. The highest BCUT2D eigenvalue weighted by molar-refractivity contribution is 5.15. The molecule has 0 N–H and O–H groups in total. The van der Waals surface area contributed by atoms with E-state index in [9.17, 15) is 0 Å². The molecule has 1 aliphatic carbocycles. The van der Waals surface area contributed by atoms with Gasteiger partial charge < -0.3 is 23.7 Å². The number of ether oxygens (including phenoxy) is 5. The number of rotatable bonds is 11. The van der Waals surface area contributed by atoms with Crippen molar-refractivity contribution in [1.29, 1.82) is 0 Å². The van der Waals surface area contributed by atoms with Crippen LogP contribution in [-0.4, -0.2) is 36.8 Å². The second-order valence-electron chi connectivity index (χ2n) is 10.4. The van der Waals surface area contributed by atoms with E-state index in [1.54, 1.807) is 0 Å². The van der Waals surface area contributed by atoms with Crippen molar-refractivity contribution >= 4 is 0 Å². The molecule has 1 aliphatic heterocycles. The summed E-state index contributed by atoms with van der Waals surface area (Å²) >= 11 is 0. The molecule has 1 saturated carbocycles. The lowest BCUT2D eigenvalue weighted by atomic mass is 9.96. The van der Waals surface area contributed by atoms with Crippen molar-refractivity contribution < 1.29 is 23.7 Å². The van der Waals surface area contributed by atoms with Crippen LogP contribution in [0, 0.1) is 0 Å². The molecule has 3 aromatic rings. The molecule has 1 heterocycles. The Morgan fingerprint density at radius 1 is 0.579 bits per heavy atom. The van der Waals surface area contributed by atoms with Gasteiger partial charge in [0, 0.05) is 0 Å². The zero-order valence-electron chi connectivity index (χ0n) is 22.3. The number of hydrogen-bond acceptors (Lipinski definition) is 5. The van der Waals surface area contributed by atoms with Crippen LogP contribution in [0.4, 0.5) is 0 Å². The van der Waals surface area contributed by atoms with Crippen LogP contribution in [0.1, 0.15) is 55.7 Å². The fourth-order valence-corrected chi connectivity index (χ4v) is 5.37. The van der Waals surface area contributed by atoms with Gasteiger partial charge in [-0.05, 0) is 36.5 Å². The van der Waals surface area contributed by atoms with E-state index < -0.39 is 12.4 Å². The monoisotopic (exact) mass is 516 g/mol. The molecule has 5 nitrogen and oxygen atoms in total. The number of hydrogen-bond donors (Lipinski definition) is 0. The van der Waals surface area contributed by atoms with Gasteiger partial charge in [0.05, 0.1) is 32.0 Å². The average molecular weight is 517 g/mol. The smallest absolute Gasteiger partial charge is 0.187 e. The van der Waals surface area contributed by atoms with Crippen molar-refractivity contribution in [1.82, 2.24) is 0 Å². The molecule has 202 valence electrons. The lowest BCUT2D eigenvalue weighted by molar-refractivity contribution is -0.329. The Bertz CT molecular complexity index is 1050. The third-order valence-corrected chi connectivity index (χ3v) is 7.46. The highest BCUT2D eigenvalue weighted by atomic mass is 16.7. The summed E-state index contributed by atoms with van der Waals surface area (Å²) in [4.78, 5) is 0. The lowest BCUT2D eigenvalue weighted by Crippen LogP contribution is -2.60. The Labute approximate surface area is 227 Å². The van der Waals surface area contributed by atoms with E-state index in [4.69, 9.17) is 23.7 Å². The van der Waals surface area contributed by atoms with Crippen LogP contribution < -0.4 is 0 Å². The van der Waals surface area contributed by atoms with Crippen molar-refractivity contribution in [3.8, 4) is 0 Å². The van der Waals surface area contributed by atoms with Gasteiger partial charge >= 0.3 is 0 Å². The van der Waals surface area contributed by atoms with E-state index in [1.165, 1.54) is 19.3 Å². The van der Waals surface area contributed by atoms with Gasteiger partial charge in [0.25, 0.3) is 0 Å². The molecule has 3 aromatic carbocycles. The van der Waals surface area contributed by atoms with Gasteiger partial charge in [-0.3, -0.25) is 0 Å². The van der Waals surface area contributed by atoms with Gasteiger partial charge in [-0.25, -0.2) is 0 Å². The minimum absolute atomic E-state index is 0.181. The van der Waals surface area contributed by atoms with Crippen LogP contribution in [0.5, 0.6) is 0 Å². The fourth-order valence-electron chi connectivity index (χ4n) is 5.37. The third-order valence-electron chi connectivity index (χ3n) is 7.46. The molecular formula is C33H40O5. The first-order chi connectivity index (χ1) is 18.8. The van der Waals surface area contributed by atoms with E-state index in [-0.39, 0.29) is 24.4 Å². The minimum atomic E-state index is -0.519. The van der Waals surface area contributed by atoms with Crippen LogP contribution in [0.3, 0.4) is 0 Å². The second kappa shape index (κ2) is 14.0. The highest BCUT2D eigenvalue weighted by Gasteiger charge is 2.48. The molecule has 2 fully saturated rings. The Morgan fingerprint density at radius 2 is 1.03 bits per heavy atom. The molecule has 0 aromatic heterocycles. The summed E-state index contributed by atoms with van der Waals surface area (Å²) in [5, 5.41) is 0. The largest absolute Gasteiger partial charge is 0.368 e. The molecule has 0 spiro atoms. The Hall–Kier alpha value is -2.54. The summed E-state index contributed by atoms with van der Waals surface area (Å²) in [5.41, 5.74) is 3.33. The molecule has 0 radical (unpaired) electrons. The summed E-state index contributed by atoms with van der Waals surface area (Å²) in [5.74, 6) is 0. The fraction of sp³-hybridized carbons (Fsp3) is 0.455. The summed E-state index contributed by atoms with van der Waals surface area (Å²) < 4.78 is 32.9. The first-order valence-electron chi connectivity index (χ1n) is 14.0. The number of benzene rings is 3. The van der Waals surface area contributed by atoms with Gasteiger partial charge in [-0.2, -0.15) is 0 Å². The van der Waals surface area contributed by atoms with E-state index in [0.717, 1.165) is 29.5 Å². The molecule has 2 aliphatic rings. The van der Waals surface area contributed by atoms with Crippen molar-refractivity contribution in [2.24, 2.45) is 0 Å². The van der Waals surface area contributed by atoms with Crippen LogP contribution in [0.2, 0.25) is 0 Å². The van der Waals surface area contributed by atoms with E-state index in [2.05, 4.69) is 43.3 Å². The molecule has 38 heavy (non-hydrogen) atoms. The molecular weight excluding hydrogens is 476 g/mol. The zero-order valence-corrected chi connectivity index (χ0v) is 22.3. The molecule has 5 atom stereocenters. The standard InChI is InChI=1S/C33H40O5/c1-25-30(34-22-26-14-6-2-7-15-26)31(35-23-27-16-8-3-9-17-27)32(36-24-28-18-10-4-11-19-28)33(37-25)38-29-20-12-5-13-21-29/h2-4,6-11,14-19,25,29-33H,5,12-13,20-24H2,1H3/t25-,30-,31+,32+,33-/m0/s1. The van der Waals surface area contributed by atoms with E-state index in [1.807, 2.05) is 54.6 Å². The van der Waals surface area contributed by atoms with Gasteiger partial charge in [-0.15, -0.1) is 0 Å². The van der Waals surface area contributed by atoms with Crippen LogP contribution in [0.25, 0.3) is 0 Å². The maximum absolute atomic E-state index is 6.65. The average Bonchev–Trinajstić information content (AvgIpc) is 2.97. The molecule has 5 heteroatoms. The molecule has 5 rings (SSSR count). The summed E-state index contributed by atoms with van der Waals surface area (Å²) in [6.07, 6.45) is 4.11. The van der Waals surface area contributed by atoms with Crippen LogP contribution in [0.15, 0.2) is 91.0 Å². The van der Waals surface area contributed by atoms with E-state index >= 15 is 0 Å². The molecule has 0 amide bonds. The summed E-state index contributed by atoms with van der Waals surface area (Å²) in [7, 11) is 0. The molecule has 0 unspecified atom stereocenters. The molecule has 0 bridgehead atoms. The second-order valence-corrected chi connectivity index (χ2v) is 10.4. The molecule has 1 saturated heterocycles. The van der Waals surface area contributed by atoms with Crippen molar-refractivity contribution in [2.75, 3.05) is 0 Å². The predicted octanol–water partition coefficient (Wildman–Crippen LogP) is 6.84. The van der Waals surface area contributed by atoms with Crippen molar-refractivity contribution in [3.63, 3.8) is 0 Å². The lowest BCUT2D eigenvalue weighted by Gasteiger charge is -2.46. The SMILES string of the molecule is C[C@@H]1O[C@@H](OC2CCCCC2)[C@H](OCc2ccccc2)[C@H](OCc2ccccc2)[C@H]1OCc1ccccc1. The third kappa shape index (κ3) is 7.52. The van der Waals surface area contributed by atoms with Gasteiger partial charge in [-0.1, -0.05) is 110 Å². The predicted molar refractivity (Wildman–Crippen MR) is 147 cm³/mol. The van der Waals surface area contributed by atoms with Crippen molar-refractivity contribution in [2.45, 2.75) is 95.7 Å². The highest BCUT2D eigenvalue weighted by Crippen LogP contribution is 2.33. The van der Waals surface area contributed by atoms with E-state index in [0.29, 0.717) is 19.8 Å². The van der Waals surface area contributed by atoms with Crippen LogP contribution in [-0.2, 0) is 43.5 Å². The van der Waals surface area contributed by atoms with Crippen molar-refractivity contribution in [3.05, 3.63) is 108 Å². The van der Waals surface area contributed by atoms with Gasteiger partial charge in [0.1, 0.15) is 18.3 Å².